The number of thiazole rings is 1. The van der Waals surface area contributed by atoms with Crippen LogP contribution in [0.25, 0.3) is 0 Å². The van der Waals surface area contributed by atoms with Gasteiger partial charge in [0.25, 0.3) is 5.91 Å². The smallest absolute Gasteiger partial charge is 0.317 e. The Morgan fingerprint density at radius 2 is 2.06 bits per heavy atom. The molecule has 2 heterocycles. The molecule has 0 radical (unpaired) electrons. The zero-order valence-electron chi connectivity index (χ0n) is 18.2. The number of aromatic nitrogens is 1. The van der Waals surface area contributed by atoms with Gasteiger partial charge in [0, 0.05) is 28.4 Å². The first kappa shape index (κ1) is 25.2. The van der Waals surface area contributed by atoms with Crippen LogP contribution in [0.5, 0.6) is 0 Å². The summed E-state index contributed by atoms with van der Waals surface area (Å²) in [6.45, 7) is 2.11. The van der Waals surface area contributed by atoms with Crippen LogP contribution in [-0.2, 0) is 22.5 Å². The quantitative estimate of drug-likeness (QED) is 0.238. The first-order chi connectivity index (χ1) is 16.0. The molecule has 0 spiro atoms. The second-order valence-corrected chi connectivity index (χ2v) is 9.49. The van der Waals surface area contributed by atoms with Gasteiger partial charge in [-0.25, -0.2) is 4.98 Å². The molecule has 0 bridgehead atoms. The molecule has 1 atom stereocenters. The minimum atomic E-state index is -0.862. The molecule has 3 aromatic rings. The molecule has 1 aromatic carbocycles. The number of benzene rings is 1. The Morgan fingerprint density at radius 3 is 2.82 bits per heavy atom. The number of esters is 1. The lowest BCUT2D eigenvalue weighted by Gasteiger charge is -2.10. The summed E-state index contributed by atoms with van der Waals surface area (Å²) < 4.78 is 4.96. The maximum absolute atomic E-state index is 12.7. The third-order valence-corrected chi connectivity index (χ3v) is 6.92. The van der Waals surface area contributed by atoms with Gasteiger partial charge in [0.05, 0.1) is 23.8 Å². The van der Waals surface area contributed by atoms with Gasteiger partial charge < -0.3 is 15.2 Å². The van der Waals surface area contributed by atoms with Gasteiger partial charge in [0.2, 0.25) is 0 Å². The highest BCUT2D eigenvalue weighted by Crippen LogP contribution is 2.25. The average molecular weight is 508 g/mol. The normalized spacial score (nSPS) is 11.7. The van der Waals surface area contributed by atoms with Crippen molar-refractivity contribution in [3.05, 3.63) is 62.8 Å². The van der Waals surface area contributed by atoms with Gasteiger partial charge in [-0.05, 0) is 43.5 Å². The van der Waals surface area contributed by atoms with Crippen molar-refractivity contribution in [3.8, 4) is 0 Å². The molecule has 33 heavy (non-hydrogen) atoms. The molecular weight excluding hydrogens is 482 g/mol. The van der Waals surface area contributed by atoms with Crippen LogP contribution in [0.4, 0.5) is 10.8 Å². The monoisotopic (exact) mass is 507 g/mol. The fourth-order valence-corrected chi connectivity index (χ4v) is 4.87. The van der Waals surface area contributed by atoms with Crippen molar-refractivity contribution in [3.63, 3.8) is 0 Å². The van der Waals surface area contributed by atoms with Crippen molar-refractivity contribution < 1.29 is 19.4 Å². The van der Waals surface area contributed by atoms with E-state index in [1.54, 1.807) is 18.4 Å². The second kappa shape index (κ2) is 12.7. The minimum Gasteiger partial charge on any atom is -0.465 e. The Balaban J connectivity index is 1.59. The number of amides is 1. The number of aliphatic hydroxyl groups excluding tert-OH is 1. The van der Waals surface area contributed by atoms with Gasteiger partial charge in [-0.2, -0.15) is 0 Å². The van der Waals surface area contributed by atoms with E-state index in [4.69, 9.17) is 16.3 Å². The molecule has 176 valence electrons. The van der Waals surface area contributed by atoms with Crippen LogP contribution in [0.1, 0.15) is 45.1 Å². The lowest BCUT2D eigenvalue weighted by atomic mass is 10.1. The van der Waals surface area contributed by atoms with E-state index in [-0.39, 0.29) is 12.5 Å². The number of anilines is 2. The van der Waals surface area contributed by atoms with Gasteiger partial charge in [0.15, 0.2) is 5.13 Å². The standard InChI is InChI=1S/C23H26ClN3O4S2/c1-2-31-22(30)17(13-28)19-14-32-23(26-19)27-21(29)20-10-9-16(33-20)12-25-18-8-4-3-6-15(18)7-5-11-24/h3-4,6,8-10,14,17,25,28H,2,5,7,11-13H2,1H3,(H,26,27,29). The van der Waals surface area contributed by atoms with Crippen LogP contribution in [0.3, 0.4) is 0 Å². The van der Waals surface area contributed by atoms with Crippen molar-refractivity contribution in [2.75, 3.05) is 29.7 Å². The number of ether oxygens (including phenoxy) is 1. The number of nitrogens with zero attached hydrogens (tertiary/aromatic N) is 1. The Morgan fingerprint density at radius 1 is 1.24 bits per heavy atom. The van der Waals surface area contributed by atoms with Gasteiger partial charge >= 0.3 is 5.97 Å². The molecule has 7 nitrogen and oxygen atoms in total. The molecule has 2 aromatic heterocycles. The molecule has 1 unspecified atom stereocenters. The molecule has 0 aliphatic carbocycles. The van der Waals surface area contributed by atoms with Crippen LogP contribution in [0.15, 0.2) is 41.8 Å². The van der Waals surface area contributed by atoms with Crippen molar-refractivity contribution in [2.24, 2.45) is 0 Å². The fraction of sp³-hybridized carbons (Fsp3) is 0.348. The molecule has 0 aliphatic heterocycles. The summed E-state index contributed by atoms with van der Waals surface area (Å²) >= 11 is 8.42. The number of alkyl halides is 1. The number of thiophene rings is 1. The summed E-state index contributed by atoms with van der Waals surface area (Å²) in [7, 11) is 0. The Kier molecular flexibility index (Phi) is 9.68. The molecule has 10 heteroatoms. The third-order valence-electron chi connectivity index (χ3n) is 4.79. The number of para-hydroxylation sites is 1. The maximum atomic E-state index is 12.7. The molecule has 1 amide bonds. The number of rotatable bonds is 12. The predicted molar refractivity (Wildman–Crippen MR) is 134 cm³/mol. The highest BCUT2D eigenvalue weighted by Gasteiger charge is 2.24. The van der Waals surface area contributed by atoms with E-state index in [0.717, 1.165) is 23.4 Å². The van der Waals surface area contributed by atoms with Crippen molar-refractivity contribution in [1.82, 2.24) is 4.98 Å². The summed E-state index contributed by atoms with van der Waals surface area (Å²) in [4.78, 5) is 30.5. The first-order valence-electron chi connectivity index (χ1n) is 10.6. The number of carbonyl (C=O) groups excluding carboxylic acids is 2. The number of carbonyl (C=O) groups is 2. The van der Waals surface area contributed by atoms with Crippen LogP contribution < -0.4 is 10.6 Å². The topological polar surface area (TPSA) is 101 Å². The third kappa shape index (κ3) is 7.01. The first-order valence-corrected chi connectivity index (χ1v) is 12.8. The van der Waals surface area contributed by atoms with E-state index in [1.165, 1.54) is 28.2 Å². The van der Waals surface area contributed by atoms with E-state index in [9.17, 15) is 14.7 Å². The largest absolute Gasteiger partial charge is 0.465 e. The van der Waals surface area contributed by atoms with Gasteiger partial charge in [-0.3, -0.25) is 14.9 Å². The summed E-state index contributed by atoms with van der Waals surface area (Å²) in [5, 5.41) is 17.7. The predicted octanol–water partition coefficient (Wildman–Crippen LogP) is 4.88. The summed E-state index contributed by atoms with van der Waals surface area (Å²) in [5.74, 6) is -1.05. The van der Waals surface area contributed by atoms with E-state index in [0.29, 0.717) is 28.1 Å². The Hall–Kier alpha value is -2.46. The number of hydrogen-bond donors (Lipinski definition) is 3. The molecular formula is C23H26ClN3O4S2. The van der Waals surface area contributed by atoms with Gasteiger partial charge in [0.1, 0.15) is 5.92 Å². The van der Waals surface area contributed by atoms with Crippen LogP contribution in [-0.4, -0.2) is 41.1 Å². The van der Waals surface area contributed by atoms with Crippen molar-refractivity contribution in [1.29, 1.82) is 0 Å². The molecule has 0 aliphatic rings. The maximum Gasteiger partial charge on any atom is 0.317 e. The zero-order valence-corrected chi connectivity index (χ0v) is 20.6. The highest BCUT2D eigenvalue weighted by molar-refractivity contribution is 7.15. The van der Waals surface area contributed by atoms with Crippen LogP contribution >= 0.6 is 34.3 Å². The van der Waals surface area contributed by atoms with Crippen LogP contribution in [0.2, 0.25) is 0 Å². The van der Waals surface area contributed by atoms with E-state index >= 15 is 0 Å². The fourth-order valence-electron chi connectivity index (χ4n) is 3.14. The van der Waals surface area contributed by atoms with Gasteiger partial charge in [-0.1, -0.05) is 18.2 Å². The van der Waals surface area contributed by atoms with E-state index in [2.05, 4.69) is 21.7 Å². The van der Waals surface area contributed by atoms with E-state index < -0.39 is 18.5 Å². The number of nitrogens with one attached hydrogen (secondary N) is 2. The molecule has 3 N–H and O–H groups in total. The second-order valence-electron chi connectivity index (χ2n) is 7.09. The molecule has 0 saturated heterocycles. The number of halogens is 1. The van der Waals surface area contributed by atoms with Gasteiger partial charge in [-0.15, -0.1) is 34.3 Å². The Labute approximate surface area is 205 Å². The van der Waals surface area contributed by atoms with Crippen molar-refractivity contribution in [2.45, 2.75) is 32.2 Å². The lowest BCUT2D eigenvalue weighted by Crippen LogP contribution is -2.20. The summed E-state index contributed by atoms with van der Waals surface area (Å²) in [6, 6.07) is 11.8. The van der Waals surface area contributed by atoms with Crippen LogP contribution in [0, 0.1) is 0 Å². The molecule has 0 saturated carbocycles. The lowest BCUT2D eigenvalue weighted by molar-refractivity contribution is -0.146. The SMILES string of the molecule is CCOC(=O)C(CO)c1csc(NC(=O)c2ccc(CNc3ccccc3CCCCl)s2)n1. The minimum absolute atomic E-state index is 0.220. The summed E-state index contributed by atoms with van der Waals surface area (Å²) in [6.07, 6.45) is 1.83. The number of hydrogen-bond acceptors (Lipinski definition) is 8. The number of aliphatic hydroxyl groups is 1. The Bertz CT molecular complexity index is 1070. The highest BCUT2D eigenvalue weighted by atomic mass is 35.5. The molecule has 3 rings (SSSR count). The zero-order chi connectivity index (χ0) is 23.6. The average Bonchev–Trinajstić information content (AvgIpc) is 3.47. The molecule has 0 fully saturated rings. The number of aryl methyl sites for hydroxylation is 1. The van der Waals surface area contributed by atoms with Crippen molar-refractivity contribution >= 4 is 57.0 Å². The van der Waals surface area contributed by atoms with E-state index in [1.807, 2.05) is 24.3 Å². The summed E-state index contributed by atoms with van der Waals surface area (Å²) in [5.41, 5.74) is 2.66.